The van der Waals surface area contributed by atoms with Gasteiger partial charge in [0.2, 0.25) is 11.8 Å². The fourth-order valence-corrected chi connectivity index (χ4v) is 5.73. The second kappa shape index (κ2) is 8.26. The number of hydrogen-bond acceptors (Lipinski definition) is 8. The Morgan fingerprint density at radius 3 is 2.42 bits per heavy atom. The molecule has 2 saturated heterocycles. The van der Waals surface area contributed by atoms with Crippen molar-refractivity contribution in [3.63, 3.8) is 0 Å². The fraction of sp³-hybridized carbons (Fsp3) is 0.522. The summed E-state index contributed by atoms with van der Waals surface area (Å²) < 4.78 is 4.95. The van der Waals surface area contributed by atoms with Crippen LogP contribution < -0.4 is 16.0 Å². The van der Waals surface area contributed by atoms with E-state index in [1.54, 1.807) is 18.2 Å². The molecule has 4 aliphatic rings. The Hall–Kier alpha value is -3.27. The average molecular weight is 454 g/mol. The van der Waals surface area contributed by atoms with Crippen molar-refractivity contribution < 1.29 is 28.7 Å². The van der Waals surface area contributed by atoms with E-state index < -0.39 is 29.7 Å². The van der Waals surface area contributed by atoms with E-state index in [4.69, 9.17) is 4.74 Å². The van der Waals surface area contributed by atoms with Crippen molar-refractivity contribution >= 4 is 35.3 Å². The average Bonchev–Trinajstić information content (AvgIpc) is 3.03. The molecule has 1 aliphatic carbocycles. The molecule has 0 aromatic heterocycles. The van der Waals surface area contributed by atoms with Gasteiger partial charge in [0.15, 0.2) is 0 Å². The van der Waals surface area contributed by atoms with Gasteiger partial charge in [-0.25, -0.2) is 0 Å². The van der Waals surface area contributed by atoms with Crippen LogP contribution >= 0.6 is 0 Å². The van der Waals surface area contributed by atoms with Crippen molar-refractivity contribution in [2.75, 3.05) is 25.5 Å². The van der Waals surface area contributed by atoms with Crippen LogP contribution in [0.4, 0.5) is 5.69 Å². The molecule has 3 unspecified atom stereocenters. The first-order valence-electron chi connectivity index (χ1n) is 11.3. The van der Waals surface area contributed by atoms with Crippen molar-refractivity contribution in [3.05, 3.63) is 29.3 Å². The van der Waals surface area contributed by atoms with E-state index in [-0.39, 0.29) is 53.7 Å². The van der Waals surface area contributed by atoms with Crippen LogP contribution in [0.1, 0.15) is 46.4 Å². The predicted octanol–water partition coefficient (Wildman–Crippen LogP) is 0.287. The Bertz CT molecular complexity index is 1040. The van der Waals surface area contributed by atoms with Gasteiger partial charge in [-0.05, 0) is 62.4 Å². The summed E-state index contributed by atoms with van der Waals surface area (Å²) in [7, 11) is 1.42. The van der Waals surface area contributed by atoms with Crippen LogP contribution in [0.25, 0.3) is 0 Å². The van der Waals surface area contributed by atoms with Gasteiger partial charge >= 0.3 is 5.97 Å². The Morgan fingerprint density at radius 1 is 1.06 bits per heavy atom. The van der Waals surface area contributed by atoms with E-state index >= 15 is 0 Å². The first-order chi connectivity index (χ1) is 15.9. The standard InChI is InChI=1S/C23H26N4O6/c1-33-23(32)11-6-12-9-24-10-13(7-11)19(12)25-14-2-3-15-16(8-14)22(31)27(21(15)30)17-4-5-18(28)26-20(17)29/h2-3,8,11-13,17,19,24-25H,4-7,9-10H2,1H3,(H,26,28,29). The zero-order valence-electron chi connectivity index (χ0n) is 18.3. The summed E-state index contributed by atoms with van der Waals surface area (Å²) in [6.07, 6.45) is 1.65. The summed E-state index contributed by atoms with van der Waals surface area (Å²) in [6, 6.07) is 4.19. The number of amides is 4. The van der Waals surface area contributed by atoms with Crippen LogP contribution in [0.15, 0.2) is 18.2 Å². The number of benzene rings is 1. The topological polar surface area (TPSA) is 134 Å². The lowest BCUT2D eigenvalue weighted by molar-refractivity contribution is -0.148. The number of fused-ring (bicyclic) bond motifs is 3. The minimum atomic E-state index is -0.981. The van der Waals surface area contributed by atoms with Crippen LogP contribution in [-0.2, 0) is 19.1 Å². The summed E-state index contributed by atoms with van der Waals surface area (Å²) in [5, 5.41) is 9.16. The van der Waals surface area contributed by atoms with Crippen LogP contribution in [0, 0.1) is 17.8 Å². The zero-order chi connectivity index (χ0) is 23.3. The number of esters is 1. The molecule has 3 atom stereocenters. The SMILES string of the molecule is COC(=O)C1CC2CNCC(C1)C2Nc1ccc2c(c1)C(=O)N(C1CCC(=O)NC1=O)C2=O. The van der Waals surface area contributed by atoms with Gasteiger partial charge in [0.05, 0.1) is 24.2 Å². The van der Waals surface area contributed by atoms with Crippen molar-refractivity contribution in [2.24, 2.45) is 17.8 Å². The predicted molar refractivity (Wildman–Crippen MR) is 115 cm³/mol. The molecule has 3 N–H and O–H groups in total. The highest BCUT2D eigenvalue weighted by atomic mass is 16.5. The first-order valence-corrected chi connectivity index (χ1v) is 11.3. The second-order valence-corrected chi connectivity index (χ2v) is 9.25. The van der Waals surface area contributed by atoms with Crippen LogP contribution in [0.2, 0.25) is 0 Å². The first kappa shape index (κ1) is 21.6. The van der Waals surface area contributed by atoms with Gasteiger partial charge in [-0.2, -0.15) is 0 Å². The number of piperidine rings is 2. The normalized spacial score (nSPS) is 31.2. The number of nitrogens with zero attached hydrogens (tertiary/aromatic N) is 1. The third-order valence-corrected chi connectivity index (χ3v) is 7.31. The molecule has 33 heavy (non-hydrogen) atoms. The van der Waals surface area contributed by atoms with Crippen molar-refractivity contribution in [2.45, 2.75) is 37.8 Å². The van der Waals surface area contributed by atoms with Gasteiger partial charge in [0.25, 0.3) is 11.8 Å². The maximum Gasteiger partial charge on any atom is 0.308 e. The molecule has 1 aromatic carbocycles. The lowest BCUT2D eigenvalue weighted by Gasteiger charge is -2.46. The molecule has 3 aliphatic heterocycles. The molecular weight excluding hydrogens is 428 g/mol. The number of nitrogens with one attached hydrogen (secondary N) is 3. The highest BCUT2D eigenvalue weighted by Gasteiger charge is 2.46. The van der Waals surface area contributed by atoms with E-state index in [2.05, 4.69) is 16.0 Å². The Kier molecular flexibility index (Phi) is 5.40. The zero-order valence-corrected chi connectivity index (χ0v) is 18.3. The lowest BCUT2D eigenvalue weighted by atomic mass is 9.69. The number of carbonyl (C=O) groups excluding carboxylic acids is 5. The van der Waals surface area contributed by atoms with E-state index in [0.717, 1.165) is 36.5 Å². The van der Waals surface area contributed by atoms with Gasteiger partial charge in [-0.15, -0.1) is 0 Å². The minimum absolute atomic E-state index is 0.0850. The van der Waals surface area contributed by atoms with Crippen molar-refractivity contribution in [1.82, 2.24) is 15.5 Å². The van der Waals surface area contributed by atoms with E-state index in [9.17, 15) is 24.0 Å². The number of ether oxygens (including phenoxy) is 1. The molecule has 3 heterocycles. The van der Waals surface area contributed by atoms with Crippen molar-refractivity contribution in [3.8, 4) is 0 Å². The number of anilines is 1. The van der Waals surface area contributed by atoms with E-state index in [1.807, 2.05) is 0 Å². The molecule has 10 nitrogen and oxygen atoms in total. The fourth-order valence-electron chi connectivity index (χ4n) is 5.73. The van der Waals surface area contributed by atoms with Gasteiger partial charge in [-0.3, -0.25) is 34.2 Å². The molecule has 1 saturated carbocycles. The Morgan fingerprint density at radius 2 is 1.76 bits per heavy atom. The van der Waals surface area contributed by atoms with Crippen molar-refractivity contribution in [1.29, 1.82) is 0 Å². The smallest absolute Gasteiger partial charge is 0.308 e. The van der Waals surface area contributed by atoms with Crippen LogP contribution in [0.3, 0.4) is 0 Å². The van der Waals surface area contributed by atoms with Crippen LogP contribution in [0.5, 0.6) is 0 Å². The maximum atomic E-state index is 13.1. The second-order valence-electron chi connectivity index (χ2n) is 9.25. The number of methoxy groups -OCH3 is 1. The summed E-state index contributed by atoms with van der Waals surface area (Å²) in [4.78, 5) is 62.7. The molecule has 5 rings (SSSR count). The number of imide groups is 2. The van der Waals surface area contributed by atoms with Gasteiger partial charge in [-0.1, -0.05) is 0 Å². The highest BCUT2D eigenvalue weighted by Crippen LogP contribution is 2.38. The number of hydrogen-bond donors (Lipinski definition) is 3. The number of rotatable bonds is 4. The van der Waals surface area contributed by atoms with Gasteiger partial charge in [0.1, 0.15) is 6.04 Å². The molecule has 2 bridgehead atoms. The largest absolute Gasteiger partial charge is 0.469 e. The minimum Gasteiger partial charge on any atom is -0.469 e. The summed E-state index contributed by atoms with van der Waals surface area (Å²) in [6.45, 7) is 1.57. The highest BCUT2D eigenvalue weighted by molar-refractivity contribution is 6.23. The molecule has 4 amide bonds. The molecule has 10 heteroatoms. The van der Waals surface area contributed by atoms with E-state index in [1.165, 1.54) is 7.11 Å². The number of carbonyl (C=O) groups is 5. The van der Waals surface area contributed by atoms with Gasteiger partial charge in [0, 0.05) is 18.2 Å². The Balaban J connectivity index is 1.34. The molecule has 3 fully saturated rings. The molecule has 0 spiro atoms. The molecular formula is C23H26N4O6. The van der Waals surface area contributed by atoms with Crippen LogP contribution in [-0.4, -0.2) is 66.8 Å². The lowest BCUT2D eigenvalue weighted by Crippen LogP contribution is -2.55. The summed E-state index contributed by atoms with van der Waals surface area (Å²) in [5.41, 5.74) is 1.23. The summed E-state index contributed by atoms with van der Waals surface area (Å²) >= 11 is 0. The summed E-state index contributed by atoms with van der Waals surface area (Å²) in [5.74, 6) is -1.88. The van der Waals surface area contributed by atoms with Gasteiger partial charge < -0.3 is 15.4 Å². The third-order valence-electron chi connectivity index (χ3n) is 7.31. The molecule has 1 aromatic rings. The Labute approximate surface area is 190 Å². The monoisotopic (exact) mass is 454 g/mol. The quantitative estimate of drug-likeness (QED) is 0.437. The maximum absolute atomic E-state index is 13.1. The van der Waals surface area contributed by atoms with E-state index in [0.29, 0.717) is 0 Å². The third kappa shape index (κ3) is 3.68. The molecule has 0 radical (unpaired) electrons. The molecule has 174 valence electrons.